The number of hydrogen-bond acceptors (Lipinski definition) is 3. The number of anilines is 2. The van der Waals surface area contributed by atoms with Crippen molar-refractivity contribution in [3.05, 3.63) is 59.7 Å². The lowest BCUT2D eigenvalue weighted by molar-refractivity contribution is -0.118. The Balaban J connectivity index is 1.45. The third-order valence-corrected chi connectivity index (χ3v) is 5.07. The second kappa shape index (κ2) is 7.28. The molecule has 0 aliphatic carbocycles. The normalized spacial score (nSPS) is 19.0. The lowest BCUT2D eigenvalue weighted by atomic mass is 10.1. The number of nitrogens with zero attached hydrogens (tertiary/aromatic N) is 1. The summed E-state index contributed by atoms with van der Waals surface area (Å²) in [5.74, 6) is 0.0428. The van der Waals surface area contributed by atoms with Crippen molar-refractivity contribution in [2.75, 3.05) is 23.4 Å². The highest BCUT2D eigenvalue weighted by Gasteiger charge is 2.21. The summed E-state index contributed by atoms with van der Waals surface area (Å²) in [6, 6.07) is 16.7. The second-order valence-corrected chi connectivity index (χ2v) is 6.84. The fraction of sp³-hybridized carbons (Fsp3) is 0.381. The average molecular weight is 336 g/mol. The Hall–Kier alpha value is -2.33. The predicted molar refractivity (Wildman–Crippen MR) is 99.9 cm³/mol. The van der Waals surface area contributed by atoms with Crippen molar-refractivity contribution >= 4 is 17.3 Å². The van der Waals surface area contributed by atoms with E-state index < -0.39 is 0 Å². The van der Waals surface area contributed by atoms with Gasteiger partial charge in [-0.25, -0.2) is 0 Å². The lowest BCUT2D eigenvalue weighted by Gasteiger charge is -2.21. The molecule has 2 aliphatic heterocycles. The summed E-state index contributed by atoms with van der Waals surface area (Å²) < 4.78 is 5.57. The molecule has 4 rings (SSSR count). The van der Waals surface area contributed by atoms with E-state index in [1.165, 1.54) is 11.3 Å². The maximum Gasteiger partial charge on any atom is 0.226 e. The molecule has 1 N–H and O–H groups in total. The molecular formula is C21H24N2O2. The van der Waals surface area contributed by atoms with E-state index in [9.17, 15) is 4.79 Å². The second-order valence-electron chi connectivity index (χ2n) is 6.84. The molecule has 1 amide bonds. The highest BCUT2D eigenvalue weighted by molar-refractivity contribution is 5.91. The Morgan fingerprint density at radius 3 is 2.88 bits per heavy atom. The summed E-state index contributed by atoms with van der Waals surface area (Å²) in [7, 11) is 0. The molecule has 0 unspecified atom stereocenters. The molecule has 2 aromatic carbocycles. The van der Waals surface area contributed by atoms with Crippen molar-refractivity contribution in [2.45, 2.75) is 38.3 Å². The van der Waals surface area contributed by atoms with Crippen LogP contribution in [0, 0.1) is 0 Å². The molecule has 4 heteroatoms. The number of para-hydroxylation sites is 2. The Morgan fingerprint density at radius 1 is 1.16 bits per heavy atom. The fourth-order valence-electron chi connectivity index (χ4n) is 3.77. The molecule has 130 valence electrons. The standard InChI is InChI=1S/C21H24N2O2/c24-21(14-18-8-5-13-25-18)22-19-9-3-1-7-17(19)15-23-12-11-16-6-2-4-10-20(16)23/h1-4,6-7,9-10,18H,5,8,11-15H2,(H,22,24)/t18-/m0/s1. The molecule has 1 saturated heterocycles. The monoisotopic (exact) mass is 336 g/mol. The molecule has 0 saturated carbocycles. The van der Waals surface area contributed by atoms with E-state index in [1.54, 1.807) is 0 Å². The largest absolute Gasteiger partial charge is 0.378 e. The molecule has 0 bridgehead atoms. The van der Waals surface area contributed by atoms with Crippen LogP contribution in [0.4, 0.5) is 11.4 Å². The quantitative estimate of drug-likeness (QED) is 0.904. The maximum absolute atomic E-state index is 12.4. The average Bonchev–Trinajstić information content (AvgIpc) is 3.27. The SMILES string of the molecule is O=C(C[C@@H]1CCCO1)Nc1ccccc1CN1CCc2ccccc21. The van der Waals surface area contributed by atoms with Crippen LogP contribution in [0.3, 0.4) is 0 Å². The van der Waals surface area contributed by atoms with Gasteiger partial charge in [0.25, 0.3) is 0 Å². The van der Waals surface area contributed by atoms with Crippen molar-refractivity contribution in [2.24, 2.45) is 0 Å². The van der Waals surface area contributed by atoms with Crippen LogP contribution in [0.25, 0.3) is 0 Å². The summed E-state index contributed by atoms with van der Waals surface area (Å²) in [5, 5.41) is 3.09. The molecule has 2 heterocycles. The highest BCUT2D eigenvalue weighted by atomic mass is 16.5. The third-order valence-electron chi connectivity index (χ3n) is 5.07. The van der Waals surface area contributed by atoms with Crippen molar-refractivity contribution in [1.29, 1.82) is 0 Å². The first kappa shape index (κ1) is 16.2. The summed E-state index contributed by atoms with van der Waals surface area (Å²) in [4.78, 5) is 14.7. The third kappa shape index (κ3) is 3.69. The summed E-state index contributed by atoms with van der Waals surface area (Å²) in [6.45, 7) is 2.62. The molecular weight excluding hydrogens is 312 g/mol. The van der Waals surface area contributed by atoms with Gasteiger partial charge in [0.15, 0.2) is 0 Å². The van der Waals surface area contributed by atoms with E-state index >= 15 is 0 Å². The van der Waals surface area contributed by atoms with Crippen LogP contribution in [-0.2, 0) is 22.5 Å². The number of carbonyl (C=O) groups excluding carboxylic acids is 1. The van der Waals surface area contributed by atoms with Gasteiger partial charge in [0.2, 0.25) is 5.91 Å². The van der Waals surface area contributed by atoms with Gasteiger partial charge in [0.05, 0.1) is 12.5 Å². The van der Waals surface area contributed by atoms with Crippen LogP contribution in [0.2, 0.25) is 0 Å². The van der Waals surface area contributed by atoms with E-state index in [1.807, 2.05) is 18.2 Å². The summed E-state index contributed by atoms with van der Waals surface area (Å²) in [5.41, 5.74) is 4.78. The van der Waals surface area contributed by atoms with E-state index in [2.05, 4.69) is 40.5 Å². The number of nitrogens with one attached hydrogen (secondary N) is 1. The minimum atomic E-state index is 0.0428. The minimum absolute atomic E-state index is 0.0428. The van der Waals surface area contributed by atoms with Gasteiger partial charge in [0, 0.05) is 31.1 Å². The number of hydrogen-bond donors (Lipinski definition) is 1. The molecule has 0 aromatic heterocycles. The number of fused-ring (bicyclic) bond motifs is 1. The van der Waals surface area contributed by atoms with Gasteiger partial charge in [-0.2, -0.15) is 0 Å². The van der Waals surface area contributed by atoms with Crippen LogP contribution in [-0.4, -0.2) is 25.2 Å². The Morgan fingerprint density at radius 2 is 2.00 bits per heavy atom. The van der Waals surface area contributed by atoms with Crippen molar-refractivity contribution in [3.63, 3.8) is 0 Å². The fourth-order valence-corrected chi connectivity index (χ4v) is 3.77. The predicted octanol–water partition coefficient (Wildman–Crippen LogP) is 3.76. The first-order valence-corrected chi connectivity index (χ1v) is 9.12. The number of rotatable bonds is 5. The Labute approximate surface area is 148 Å². The van der Waals surface area contributed by atoms with Gasteiger partial charge in [-0.1, -0.05) is 36.4 Å². The van der Waals surface area contributed by atoms with Gasteiger partial charge < -0.3 is 15.0 Å². The van der Waals surface area contributed by atoms with Gasteiger partial charge in [0.1, 0.15) is 0 Å². The van der Waals surface area contributed by atoms with E-state index in [0.29, 0.717) is 6.42 Å². The van der Waals surface area contributed by atoms with Crippen LogP contribution in [0.5, 0.6) is 0 Å². The number of amides is 1. The molecule has 0 radical (unpaired) electrons. The van der Waals surface area contributed by atoms with Crippen molar-refractivity contribution in [3.8, 4) is 0 Å². The highest BCUT2D eigenvalue weighted by Crippen LogP contribution is 2.30. The lowest BCUT2D eigenvalue weighted by Crippen LogP contribution is -2.23. The molecule has 25 heavy (non-hydrogen) atoms. The topological polar surface area (TPSA) is 41.6 Å². The van der Waals surface area contributed by atoms with E-state index in [0.717, 1.165) is 50.2 Å². The summed E-state index contributed by atoms with van der Waals surface area (Å²) in [6.07, 6.45) is 3.66. The first-order valence-electron chi connectivity index (χ1n) is 9.12. The van der Waals surface area contributed by atoms with Crippen LogP contribution in [0.1, 0.15) is 30.4 Å². The number of ether oxygens (including phenoxy) is 1. The molecule has 2 aromatic rings. The molecule has 1 fully saturated rings. The molecule has 4 nitrogen and oxygen atoms in total. The van der Waals surface area contributed by atoms with Crippen molar-refractivity contribution < 1.29 is 9.53 Å². The smallest absolute Gasteiger partial charge is 0.226 e. The van der Waals surface area contributed by atoms with E-state index in [-0.39, 0.29) is 12.0 Å². The molecule has 1 atom stereocenters. The Bertz CT molecular complexity index is 753. The van der Waals surface area contributed by atoms with Gasteiger partial charge in [-0.3, -0.25) is 4.79 Å². The first-order chi connectivity index (χ1) is 12.3. The van der Waals surface area contributed by atoms with Gasteiger partial charge in [-0.15, -0.1) is 0 Å². The molecule has 0 spiro atoms. The maximum atomic E-state index is 12.4. The zero-order chi connectivity index (χ0) is 17.1. The van der Waals surface area contributed by atoms with Crippen molar-refractivity contribution in [1.82, 2.24) is 0 Å². The number of benzene rings is 2. The molecule has 2 aliphatic rings. The minimum Gasteiger partial charge on any atom is -0.378 e. The zero-order valence-electron chi connectivity index (χ0n) is 14.4. The number of carbonyl (C=O) groups is 1. The van der Waals surface area contributed by atoms with Gasteiger partial charge in [-0.05, 0) is 42.5 Å². The zero-order valence-corrected chi connectivity index (χ0v) is 14.4. The summed E-state index contributed by atoms with van der Waals surface area (Å²) >= 11 is 0. The van der Waals surface area contributed by atoms with Gasteiger partial charge >= 0.3 is 0 Å². The van der Waals surface area contributed by atoms with E-state index in [4.69, 9.17) is 4.74 Å². The Kier molecular flexibility index (Phi) is 4.70. The van der Waals surface area contributed by atoms with Crippen LogP contribution >= 0.6 is 0 Å². The van der Waals surface area contributed by atoms with Crippen LogP contribution in [0.15, 0.2) is 48.5 Å². The van der Waals surface area contributed by atoms with Crippen LogP contribution < -0.4 is 10.2 Å².